The molecule has 0 aromatic heterocycles. The standard InChI is InChI=1S/C32H44N2O/c1-6-8-10-27(7-2)31(11-9-24-35)32(28-14-12-26(5)13-15-28)29-16-18-30(19-17-29)34-22-20-33(21-23-34)25(3)4/h7-8,10,12-19,25,35H,6,9,11,20-24H2,1-5H3/b10-8-,27-7+,32-31-. The van der Waals surface area contributed by atoms with E-state index in [1.807, 2.05) is 0 Å². The molecular weight excluding hydrogens is 428 g/mol. The SMILES string of the molecule is C/C=C(\C=C/CC)C(/CCCO)=C(/c1ccc(C)cc1)c1ccc(N2CCN(C(C)C)CC2)cc1. The van der Waals surface area contributed by atoms with Crippen molar-refractivity contribution in [3.05, 3.63) is 94.6 Å². The maximum absolute atomic E-state index is 9.67. The number of anilines is 1. The number of aryl methyl sites for hydroxylation is 1. The largest absolute Gasteiger partial charge is 0.396 e. The fourth-order valence-electron chi connectivity index (χ4n) is 4.86. The van der Waals surface area contributed by atoms with Crippen LogP contribution in [0, 0.1) is 6.92 Å². The minimum atomic E-state index is 0.195. The lowest BCUT2D eigenvalue weighted by atomic mass is 9.86. The number of nitrogens with zero attached hydrogens (tertiary/aromatic N) is 2. The molecule has 1 heterocycles. The van der Waals surface area contributed by atoms with Crippen LogP contribution >= 0.6 is 0 Å². The lowest BCUT2D eigenvalue weighted by molar-refractivity contribution is 0.209. The van der Waals surface area contributed by atoms with Crippen LogP contribution < -0.4 is 4.90 Å². The predicted molar refractivity (Wildman–Crippen MR) is 152 cm³/mol. The lowest BCUT2D eigenvalue weighted by Gasteiger charge is -2.38. The van der Waals surface area contributed by atoms with Crippen LogP contribution in [-0.4, -0.2) is 48.8 Å². The van der Waals surface area contributed by atoms with E-state index in [0.717, 1.165) is 45.4 Å². The molecule has 0 bridgehead atoms. The molecule has 0 unspecified atom stereocenters. The molecule has 1 fully saturated rings. The molecule has 1 aliphatic rings. The van der Waals surface area contributed by atoms with Crippen LogP contribution in [0.5, 0.6) is 0 Å². The fourth-order valence-corrected chi connectivity index (χ4v) is 4.86. The van der Waals surface area contributed by atoms with Crippen molar-refractivity contribution in [2.45, 2.75) is 59.9 Å². The van der Waals surface area contributed by atoms with Crippen LogP contribution in [0.2, 0.25) is 0 Å². The third-order valence-electron chi connectivity index (χ3n) is 6.99. The minimum absolute atomic E-state index is 0.195. The normalized spacial score (nSPS) is 16.3. The van der Waals surface area contributed by atoms with Gasteiger partial charge >= 0.3 is 0 Å². The summed E-state index contributed by atoms with van der Waals surface area (Å²) in [5.41, 5.74) is 8.83. The summed E-state index contributed by atoms with van der Waals surface area (Å²) in [6.07, 6.45) is 9.26. The number of hydrogen-bond acceptors (Lipinski definition) is 3. The summed E-state index contributed by atoms with van der Waals surface area (Å²) < 4.78 is 0. The Hall–Kier alpha value is -2.62. The van der Waals surface area contributed by atoms with Crippen molar-refractivity contribution in [1.29, 1.82) is 0 Å². The first-order valence-corrected chi connectivity index (χ1v) is 13.3. The van der Waals surface area contributed by atoms with Crippen molar-refractivity contribution < 1.29 is 5.11 Å². The van der Waals surface area contributed by atoms with Crippen molar-refractivity contribution in [2.75, 3.05) is 37.7 Å². The second kappa shape index (κ2) is 13.5. The zero-order valence-corrected chi connectivity index (χ0v) is 22.4. The average Bonchev–Trinajstić information content (AvgIpc) is 2.88. The molecule has 1 aliphatic heterocycles. The van der Waals surface area contributed by atoms with E-state index in [1.54, 1.807) is 0 Å². The minimum Gasteiger partial charge on any atom is -0.396 e. The van der Waals surface area contributed by atoms with Crippen molar-refractivity contribution in [2.24, 2.45) is 0 Å². The highest BCUT2D eigenvalue weighted by molar-refractivity contribution is 5.85. The van der Waals surface area contributed by atoms with Gasteiger partial charge in [0.1, 0.15) is 0 Å². The number of hydrogen-bond donors (Lipinski definition) is 1. The topological polar surface area (TPSA) is 26.7 Å². The van der Waals surface area contributed by atoms with Crippen LogP contribution in [0.15, 0.2) is 77.9 Å². The molecule has 0 saturated carbocycles. The van der Waals surface area contributed by atoms with Gasteiger partial charge in [-0.2, -0.15) is 0 Å². The Balaban J connectivity index is 2.03. The molecule has 0 atom stereocenters. The molecule has 2 aromatic rings. The summed E-state index contributed by atoms with van der Waals surface area (Å²) >= 11 is 0. The first-order chi connectivity index (χ1) is 17.0. The van der Waals surface area contributed by atoms with Crippen LogP contribution in [-0.2, 0) is 0 Å². The monoisotopic (exact) mass is 472 g/mol. The summed E-state index contributed by atoms with van der Waals surface area (Å²) in [7, 11) is 0. The van der Waals surface area contributed by atoms with Gasteiger partial charge in [-0.25, -0.2) is 0 Å². The Morgan fingerprint density at radius 2 is 1.54 bits per heavy atom. The van der Waals surface area contributed by atoms with E-state index < -0.39 is 0 Å². The van der Waals surface area contributed by atoms with Gasteiger partial charge in [0.25, 0.3) is 0 Å². The summed E-state index contributed by atoms with van der Waals surface area (Å²) in [6.45, 7) is 15.6. The Morgan fingerprint density at radius 1 is 0.943 bits per heavy atom. The zero-order valence-electron chi connectivity index (χ0n) is 22.4. The van der Waals surface area contributed by atoms with E-state index in [2.05, 4.69) is 111 Å². The van der Waals surface area contributed by atoms with E-state index in [1.165, 1.54) is 39.1 Å². The third kappa shape index (κ3) is 7.19. The molecular formula is C32H44N2O. The smallest absolute Gasteiger partial charge is 0.0434 e. The van der Waals surface area contributed by atoms with Gasteiger partial charge in [-0.3, -0.25) is 4.90 Å². The van der Waals surface area contributed by atoms with Gasteiger partial charge in [-0.1, -0.05) is 67.1 Å². The molecule has 0 spiro atoms. The summed E-state index contributed by atoms with van der Waals surface area (Å²) in [5, 5.41) is 9.67. The van der Waals surface area contributed by atoms with Gasteiger partial charge in [0, 0.05) is 44.5 Å². The number of rotatable bonds is 10. The van der Waals surface area contributed by atoms with Crippen molar-refractivity contribution in [3.8, 4) is 0 Å². The van der Waals surface area contributed by atoms with Crippen LogP contribution in [0.25, 0.3) is 5.57 Å². The molecule has 0 radical (unpaired) electrons. The number of piperazine rings is 1. The van der Waals surface area contributed by atoms with Gasteiger partial charge < -0.3 is 10.0 Å². The van der Waals surface area contributed by atoms with Gasteiger partial charge in [0.05, 0.1) is 0 Å². The highest BCUT2D eigenvalue weighted by Crippen LogP contribution is 2.35. The summed E-state index contributed by atoms with van der Waals surface area (Å²) in [6, 6.07) is 18.6. The quantitative estimate of drug-likeness (QED) is 0.377. The first-order valence-electron chi connectivity index (χ1n) is 13.3. The van der Waals surface area contributed by atoms with Crippen LogP contribution in [0.3, 0.4) is 0 Å². The molecule has 3 heteroatoms. The molecule has 3 rings (SSSR count). The Labute approximate surface area is 213 Å². The maximum Gasteiger partial charge on any atom is 0.0434 e. The van der Waals surface area contributed by atoms with E-state index in [-0.39, 0.29) is 6.61 Å². The molecule has 1 N–H and O–H groups in total. The maximum atomic E-state index is 9.67. The Bertz CT molecular complexity index is 1000. The second-order valence-electron chi connectivity index (χ2n) is 9.77. The van der Waals surface area contributed by atoms with Crippen LogP contribution in [0.4, 0.5) is 5.69 Å². The first kappa shape index (κ1) is 27.0. The number of allylic oxidation sites excluding steroid dienone is 5. The van der Waals surface area contributed by atoms with Crippen molar-refractivity contribution in [3.63, 3.8) is 0 Å². The number of aliphatic hydroxyl groups is 1. The lowest BCUT2D eigenvalue weighted by Crippen LogP contribution is -2.48. The zero-order chi connectivity index (χ0) is 25.2. The van der Waals surface area contributed by atoms with Gasteiger partial charge in [-0.05, 0) is 86.9 Å². The van der Waals surface area contributed by atoms with Crippen molar-refractivity contribution >= 4 is 11.3 Å². The Kier molecular flexibility index (Phi) is 10.4. The van der Waals surface area contributed by atoms with E-state index in [9.17, 15) is 5.11 Å². The highest BCUT2D eigenvalue weighted by Gasteiger charge is 2.20. The molecule has 1 saturated heterocycles. The number of benzene rings is 2. The fraction of sp³-hybridized carbons (Fsp3) is 0.438. The highest BCUT2D eigenvalue weighted by atomic mass is 16.2. The molecule has 35 heavy (non-hydrogen) atoms. The number of aliphatic hydroxyl groups excluding tert-OH is 1. The molecule has 188 valence electrons. The summed E-state index contributed by atoms with van der Waals surface area (Å²) in [5.74, 6) is 0. The third-order valence-corrected chi connectivity index (χ3v) is 6.99. The van der Waals surface area contributed by atoms with E-state index in [0.29, 0.717) is 6.04 Å². The summed E-state index contributed by atoms with van der Waals surface area (Å²) in [4.78, 5) is 5.06. The Morgan fingerprint density at radius 3 is 2.06 bits per heavy atom. The van der Waals surface area contributed by atoms with E-state index >= 15 is 0 Å². The molecule has 2 aromatic carbocycles. The van der Waals surface area contributed by atoms with Gasteiger partial charge in [-0.15, -0.1) is 0 Å². The van der Waals surface area contributed by atoms with Gasteiger partial charge in [0.2, 0.25) is 0 Å². The predicted octanol–water partition coefficient (Wildman–Crippen LogP) is 7.01. The van der Waals surface area contributed by atoms with Gasteiger partial charge in [0.15, 0.2) is 0 Å². The average molecular weight is 473 g/mol. The molecule has 3 nitrogen and oxygen atoms in total. The molecule has 0 amide bonds. The van der Waals surface area contributed by atoms with Crippen molar-refractivity contribution in [1.82, 2.24) is 4.90 Å². The molecule has 0 aliphatic carbocycles. The second-order valence-corrected chi connectivity index (χ2v) is 9.77. The van der Waals surface area contributed by atoms with Crippen LogP contribution in [0.1, 0.15) is 63.6 Å². The van der Waals surface area contributed by atoms with E-state index in [4.69, 9.17) is 0 Å².